The molecule has 3 nitrogen and oxygen atoms in total. The van der Waals surface area contributed by atoms with Crippen LogP contribution < -0.4 is 21.4 Å². The Morgan fingerprint density at radius 1 is 0.636 bits per heavy atom. The summed E-state index contributed by atoms with van der Waals surface area (Å²) in [4.78, 5) is 2.82. The number of benzene rings is 5. The fourth-order valence-corrected chi connectivity index (χ4v) is 10.2. The van der Waals surface area contributed by atoms with E-state index in [1.54, 1.807) is 5.56 Å². The zero-order chi connectivity index (χ0) is 28.9. The van der Waals surface area contributed by atoms with Crippen LogP contribution in [0.3, 0.4) is 0 Å². The molecule has 44 heavy (non-hydrogen) atoms. The van der Waals surface area contributed by atoms with Gasteiger partial charge in [0.15, 0.2) is 0 Å². The lowest BCUT2D eigenvalue weighted by Gasteiger charge is -2.52. The molecule has 0 bridgehead atoms. The molecule has 5 aromatic carbocycles. The number of aromatic nitrogens is 2. The molecule has 0 N–H and O–H groups in total. The molecule has 0 amide bonds. The molecule has 1 fully saturated rings. The van der Waals surface area contributed by atoms with Crippen LogP contribution in [0.5, 0.6) is 0 Å². The highest BCUT2D eigenvalue weighted by atomic mass is 15.3. The van der Waals surface area contributed by atoms with Crippen molar-refractivity contribution >= 4 is 67.3 Å². The number of fused-ring (bicyclic) bond motifs is 14. The predicted octanol–water partition coefficient (Wildman–Crippen LogP) is 7.61. The maximum Gasteiger partial charge on any atom is 0.273 e. The molecule has 2 unspecified atom stereocenters. The first-order valence-corrected chi connectivity index (χ1v) is 16.3. The third kappa shape index (κ3) is 2.43. The van der Waals surface area contributed by atoms with Gasteiger partial charge in [-0.2, -0.15) is 0 Å². The molecule has 1 saturated carbocycles. The summed E-state index contributed by atoms with van der Waals surface area (Å²) in [7, 11) is 0. The van der Waals surface area contributed by atoms with Crippen molar-refractivity contribution < 1.29 is 0 Å². The molecule has 5 heterocycles. The van der Waals surface area contributed by atoms with Crippen LogP contribution in [0.1, 0.15) is 45.1 Å². The van der Waals surface area contributed by atoms with Gasteiger partial charge in [-0.1, -0.05) is 92.6 Å². The highest BCUT2D eigenvalue weighted by Crippen LogP contribution is 2.62. The Morgan fingerprint density at radius 2 is 1.32 bits per heavy atom. The van der Waals surface area contributed by atoms with E-state index >= 15 is 0 Å². The number of para-hydroxylation sites is 4. The average Bonchev–Trinajstić information content (AvgIpc) is 3.65. The Balaban J connectivity index is 1.43. The number of hydrogen-bond donors (Lipinski definition) is 0. The maximum absolute atomic E-state index is 2.82. The normalized spacial score (nSPS) is 22.5. The monoisotopic (exact) mass is 565 g/mol. The van der Waals surface area contributed by atoms with E-state index in [0.717, 1.165) is 0 Å². The van der Waals surface area contributed by atoms with E-state index in [9.17, 15) is 0 Å². The van der Waals surface area contributed by atoms with Gasteiger partial charge in [0.1, 0.15) is 0 Å². The SMILES string of the molecule is CC12CCCCC1(C)N1c3ccccc3B3c4c1c2cc1c2ccccc2n(c41)-c1c3n(-c2ccccc2)c2ccccc12. The minimum Gasteiger partial charge on any atom is -0.335 e. The van der Waals surface area contributed by atoms with Gasteiger partial charge in [-0.15, -0.1) is 0 Å². The lowest BCUT2D eigenvalue weighted by atomic mass is 9.35. The lowest BCUT2D eigenvalue weighted by Crippen LogP contribution is -2.64. The van der Waals surface area contributed by atoms with Crippen LogP contribution in [0, 0.1) is 0 Å². The molecule has 0 saturated heterocycles. The summed E-state index contributed by atoms with van der Waals surface area (Å²) >= 11 is 0. The zero-order valence-electron chi connectivity index (χ0n) is 25.1. The number of anilines is 2. The van der Waals surface area contributed by atoms with E-state index in [2.05, 4.69) is 137 Å². The second-order valence-corrected chi connectivity index (χ2v) is 14.0. The van der Waals surface area contributed by atoms with Crippen LogP contribution in [-0.2, 0) is 5.41 Å². The van der Waals surface area contributed by atoms with E-state index in [0.29, 0.717) is 0 Å². The molecule has 0 radical (unpaired) electrons. The lowest BCUT2D eigenvalue weighted by molar-refractivity contribution is 0.195. The molecule has 11 rings (SSSR count). The van der Waals surface area contributed by atoms with Crippen LogP contribution in [0.25, 0.3) is 44.1 Å². The Bertz CT molecular complexity index is 2400. The van der Waals surface area contributed by atoms with Crippen molar-refractivity contribution in [3.63, 3.8) is 0 Å². The third-order valence-corrected chi connectivity index (χ3v) is 12.2. The van der Waals surface area contributed by atoms with Gasteiger partial charge in [-0.3, -0.25) is 0 Å². The summed E-state index contributed by atoms with van der Waals surface area (Å²) in [6.45, 7) is 5.29. The minimum atomic E-state index is 0.0387. The van der Waals surface area contributed by atoms with Crippen molar-refractivity contribution in [2.75, 3.05) is 4.90 Å². The van der Waals surface area contributed by atoms with Crippen molar-refractivity contribution in [3.05, 3.63) is 115 Å². The topological polar surface area (TPSA) is 13.1 Å². The largest absolute Gasteiger partial charge is 0.335 e. The maximum atomic E-state index is 2.82. The summed E-state index contributed by atoms with van der Waals surface area (Å²) in [5.41, 5.74) is 15.5. The first-order chi connectivity index (χ1) is 21.6. The molecule has 4 heteroatoms. The van der Waals surface area contributed by atoms with Gasteiger partial charge >= 0.3 is 0 Å². The summed E-state index contributed by atoms with van der Waals surface area (Å²) in [5.74, 6) is 0. The third-order valence-electron chi connectivity index (χ3n) is 12.2. The summed E-state index contributed by atoms with van der Waals surface area (Å²) in [6, 6.07) is 41.2. The molecule has 1 aliphatic carbocycles. The number of nitrogens with zero attached hydrogens (tertiary/aromatic N) is 3. The molecular formula is C40H32BN3. The molecule has 0 spiro atoms. The molecule has 2 aromatic heterocycles. The van der Waals surface area contributed by atoms with Gasteiger partial charge in [-0.05, 0) is 72.7 Å². The van der Waals surface area contributed by atoms with E-state index < -0.39 is 0 Å². The van der Waals surface area contributed by atoms with E-state index in [-0.39, 0.29) is 17.7 Å². The van der Waals surface area contributed by atoms with Gasteiger partial charge in [-0.25, -0.2) is 0 Å². The van der Waals surface area contributed by atoms with Crippen LogP contribution >= 0.6 is 0 Å². The fourth-order valence-electron chi connectivity index (χ4n) is 10.2. The second kappa shape index (κ2) is 7.68. The average molecular weight is 566 g/mol. The molecule has 7 aromatic rings. The van der Waals surface area contributed by atoms with E-state index in [4.69, 9.17) is 0 Å². The Morgan fingerprint density at radius 3 is 2.16 bits per heavy atom. The Kier molecular flexibility index (Phi) is 4.14. The first kappa shape index (κ1) is 23.7. The van der Waals surface area contributed by atoms with E-state index in [1.165, 1.54) is 97.7 Å². The highest BCUT2D eigenvalue weighted by Gasteiger charge is 2.61. The summed E-state index contributed by atoms with van der Waals surface area (Å²) in [5, 5.41) is 4.09. The smallest absolute Gasteiger partial charge is 0.273 e. The molecule has 3 aliphatic heterocycles. The van der Waals surface area contributed by atoms with Gasteiger partial charge in [0, 0.05) is 44.2 Å². The molecule has 4 aliphatic rings. The Hall–Kier alpha value is -4.70. The van der Waals surface area contributed by atoms with E-state index in [1.807, 2.05) is 0 Å². The number of rotatable bonds is 1. The summed E-state index contributed by atoms with van der Waals surface area (Å²) < 4.78 is 5.22. The van der Waals surface area contributed by atoms with Crippen molar-refractivity contribution in [1.29, 1.82) is 0 Å². The first-order valence-electron chi connectivity index (χ1n) is 16.3. The number of hydrogen-bond acceptors (Lipinski definition) is 1. The zero-order valence-corrected chi connectivity index (χ0v) is 25.1. The van der Waals surface area contributed by atoms with Crippen molar-refractivity contribution in [3.8, 4) is 11.4 Å². The van der Waals surface area contributed by atoms with Crippen molar-refractivity contribution in [2.45, 2.75) is 50.5 Å². The second-order valence-electron chi connectivity index (χ2n) is 14.0. The predicted molar refractivity (Wildman–Crippen MR) is 185 cm³/mol. The van der Waals surface area contributed by atoms with Gasteiger partial charge in [0.25, 0.3) is 6.71 Å². The molecule has 210 valence electrons. The van der Waals surface area contributed by atoms with Gasteiger partial charge in [0.05, 0.1) is 27.8 Å². The van der Waals surface area contributed by atoms with Crippen molar-refractivity contribution in [2.24, 2.45) is 0 Å². The molecular weight excluding hydrogens is 533 g/mol. The minimum absolute atomic E-state index is 0.0387. The van der Waals surface area contributed by atoms with Crippen LogP contribution in [0.2, 0.25) is 0 Å². The summed E-state index contributed by atoms with van der Waals surface area (Å²) in [6.07, 6.45) is 5.04. The standard InChI is InChI=1S/C40H32BN3/c1-39-22-12-13-23-40(39,2)44-33-21-11-8-18-30(33)41-34-35-28(24-29(39)37(34)44)26-16-6-9-19-31(26)43(35)36-27-17-7-10-20-32(27)42(38(36)41)25-14-4-3-5-15-25/h3-11,14-21,24H,12-13,22-23H2,1-2H3. The van der Waals surface area contributed by atoms with Gasteiger partial charge < -0.3 is 14.0 Å². The highest BCUT2D eigenvalue weighted by molar-refractivity contribution is 7.00. The molecule has 2 atom stereocenters. The Labute approximate surface area is 257 Å². The fraction of sp³-hybridized carbons (Fsp3) is 0.200. The quantitative estimate of drug-likeness (QED) is 0.187. The van der Waals surface area contributed by atoms with Crippen molar-refractivity contribution in [1.82, 2.24) is 9.13 Å². The van der Waals surface area contributed by atoms with Crippen LogP contribution in [0.15, 0.2) is 109 Å². The van der Waals surface area contributed by atoms with Gasteiger partial charge in [0.2, 0.25) is 0 Å². The van der Waals surface area contributed by atoms with Crippen LogP contribution in [0.4, 0.5) is 11.4 Å². The van der Waals surface area contributed by atoms with Crippen LogP contribution in [-0.4, -0.2) is 21.4 Å².